The van der Waals surface area contributed by atoms with Crippen LogP contribution in [0.1, 0.15) is 44.6 Å². The van der Waals surface area contributed by atoms with E-state index in [-0.39, 0.29) is 11.5 Å². The van der Waals surface area contributed by atoms with Crippen molar-refractivity contribution in [2.45, 2.75) is 65.0 Å². The molecule has 0 aromatic carbocycles. The number of carboxylic acids is 1. The first kappa shape index (κ1) is 23.6. The summed E-state index contributed by atoms with van der Waals surface area (Å²) in [5, 5.41) is 11.3. The number of likely N-dealkylation sites (tertiary alicyclic amines) is 1. The number of carbonyl (C=O) groups is 1. The van der Waals surface area contributed by atoms with E-state index in [4.69, 9.17) is 23.9 Å². The fourth-order valence-corrected chi connectivity index (χ4v) is 3.78. The maximum Gasteiger partial charge on any atom is 0.490 e. The third kappa shape index (κ3) is 6.97. The van der Waals surface area contributed by atoms with Crippen LogP contribution >= 0.6 is 0 Å². The maximum atomic E-state index is 10.6. The summed E-state index contributed by atoms with van der Waals surface area (Å²) in [7, 11) is 0. The fraction of sp³-hybridized carbons (Fsp3) is 0.789. The number of ether oxygens (including phenoxy) is 2. The minimum atomic E-state index is -5.08. The van der Waals surface area contributed by atoms with Crippen molar-refractivity contribution in [3.63, 3.8) is 0 Å². The molecule has 2 saturated heterocycles. The van der Waals surface area contributed by atoms with Gasteiger partial charge in [0.05, 0.1) is 24.5 Å². The Morgan fingerprint density at radius 1 is 1.48 bits per heavy atom. The normalized spacial score (nSPS) is 25.3. The van der Waals surface area contributed by atoms with Crippen molar-refractivity contribution >= 4 is 5.97 Å². The lowest BCUT2D eigenvalue weighted by atomic mass is 9.73. The van der Waals surface area contributed by atoms with Gasteiger partial charge in [0.15, 0.2) is 0 Å². The van der Waals surface area contributed by atoms with Crippen molar-refractivity contribution in [2.75, 3.05) is 26.3 Å². The zero-order valence-electron chi connectivity index (χ0n) is 17.0. The van der Waals surface area contributed by atoms with Crippen molar-refractivity contribution in [1.82, 2.24) is 10.1 Å². The number of rotatable bonds is 5. The molecule has 2 aliphatic heterocycles. The number of aromatic nitrogens is 1. The van der Waals surface area contributed by atoms with Gasteiger partial charge in [-0.3, -0.25) is 4.90 Å². The third-order valence-corrected chi connectivity index (χ3v) is 5.08. The van der Waals surface area contributed by atoms with Crippen LogP contribution in [0, 0.1) is 12.3 Å². The van der Waals surface area contributed by atoms with E-state index in [1.807, 2.05) is 13.0 Å². The topological polar surface area (TPSA) is 85.0 Å². The summed E-state index contributed by atoms with van der Waals surface area (Å²) in [6.45, 7) is 10.8. The van der Waals surface area contributed by atoms with Crippen LogP contribution in [0.25, 0.3) is 0 Å². The second-order valence-corrected chi connectivity index (χ2v) is 7.92. The molecule has 7 nitrogen and oxygen atoms in total. The Morgan fingerprint density at radius 2 is 2.17 bits per heavy atom. The van der Waals surface area contributed by atoms with E-state index in [2.05, 4.69) is 23.9 Å². The number of aliphatic carboxylic acids is 1. The Morgan fingerprint density at radius 3 is 2.72 bits per heavy atom. The van der Waals surface area contributed by atoms with Crippen LogP contribution in [0.3, 0.4) is 0 Å². The van der Waals surface area contributed by atoms with E-state index in [0.29, 0.717) is 6.10 Å². The smallest absolute Gasteiger partial charge is 0.475 e. The van der Waals surface area contributed by atoms with Crippen LogP contribution in [0.4, 0.5) is 13.2 Å². The number of fused-ring (bicyclic) bond motifs is 1. The van der Waals surface area contributed by atoms with E-state index in [1.165, 1.54) is 6.42 Å². The molecule has 0 amide bonds. The highest BCUT2D eigenvalue weighted by Gasteiger charge is 2.46. The van der Waals surface area contributed by atoms with E-state index in [0.717, 1.165) is 57.1 Å². The highest BCUT2D eigenvalue weighted by atomic mass is 19.4. The number of carboxylic acid groups (broad SMARTS) is 1. The Kier molecular flexibility index (Phi) is 8.07. The van der Waals surface area contributed by atoms with Gasteiger partial charge in [-0.05, 0) is 40.0 Å². The van der Waals surface area contributed by atoms with E-state index in [9.17, 15) is 13.2 Å². The lowest BCUT2D eigenvalue weighted by Crippen LogP contribution is -2.56. The van der Waals surface area contributed by atoms with Gasteiger partial charge >= 0.3 is 12.1 Å². The largest absolute Gasteiger partial charge is 0.490 e. The first-order valence-corrected chi connectivity index (χ1v) is 9.70. The van der Waals surface area contributed by atoms with Crippen LogP contribution in [0.2, 0.25) is 0 Å². The van der Waals surface area contributed by atoms with Crippen LogP contribution in [-0.4, -0.2) is 65.8 Å². The van der Waals surface area contributed by atoms with Gasteiger partial charge in [0.1, 0.15) is 5.76 Å². The summed E-state index contributed by atoms with van der Waals surface area (Å²) in [4.78, 5) is 11.4. The van der Waals surface area contributed by atoms with Crippen molar-refractivity contribution in [1.29, 1.82) is 0 Å². The average molecular weight is 422 g/mol. The Labute approximate surface area is 168 Å². The molecule has 2 unspecified atom stereocenters. The molecule has 1 N–H and O–H groups in total. The van der Waals surface area contributed by atoms with Crippen molar-refractivity contribution < 1.29 is 37.1 Å². The monoisotopic (exact) mass is 422 g/mol. The summed E-state index contributed by atoms with van der Waals surface area (Å²) in [5.41, 5.74) is 1.16. The predicted molar refractivity (Wildman–Crippen MR) is 97.3 cm³/mol. The SMILES string of the molecule is Cc1cc(CN2CCC3OCCCC3(COC(C)C)C2)no1.O=C(O)C(F)(F)F. The third-order valence-electron chi connectivity index (χ3n) is 5.08. The van der Waals surface area contributed by atoms with Gasteiger partial charge in [0.2, 0.25) is 0 Å². The van der Waals surface area contributed by atoms with Crippen molar-refractivity contribution in [2.24, 2.45) is 5.41 Å². The highest BCUT2D eigenvalue weighted by molar-refractivity contribution is 5.73. The second-order valence-electron chi connectivity index (χ2n) is 7.92. The first-order chi connectivity index (χ1) is 13.5. The van der Waals surface area contributed by atoms with Gasteiger partial charge < -0.3 is 19.1 Å². The molecular weight excluding hydrogens is 393 g/mol. The van der Waals surface area contributed by atoms with Gasteiger partial charge in [-0.15, -0.1) is 0 Å². The van der Waals surface area contributed by atoms with Crippen LogP contribution in [-0.2, 0) is 20.8 Å². The molecule has 0 spiro atoms. The average Bonchev–Trinajstić information content (AvgIpc) is 3.04. The summed E-state index contributed by atoms with van der Waals surface area (Å²) >= 11 is 0. The van der Waals surface area contributed by atoms with Gasteiger partial charge in [-0.1, -0.05) is 5.16 Å². The summed E-state index contributed by atoms with van der Waals surface area (Å²) in [6, 6.07) is 2.03. The first-order valence-electron chi connectivity index (χ1n) is 9.70. The molecule has 0 aliphatic carbocycles. The molecule has 0 saturated carbocycles. The Hall–Kier alpha value is -1.65. The standard InChI is InChI=1S/C17H28N2O3.C2HF3O2/c1-13(2)21-12-17-6-4-8-20-16(17)5-7-19(11-17)10-15-9-14(3)22-18-15;3-2(4,5)1(6)7/h9,13,16H,4-8,10-12H2,1-3H3;(H,6,7). The van der Waals surface area contributed by atoms with Crippen LogP contribution < -0.4 is 0 Å². The zero-order chi connectivity index (χ0) is 21.7. The molecule has 2 fully saturated rings. The number of hydrogen-bond donors (Lipinski definition) is 1. The lowest BCUT2D eigenvalue weighted by molar-refractivity contribution is -0.192. The summed E-state index contributed by atoms with van der Waals surface area (Å²) < 4.78 is 49.0. The highest BCUT2D eigenvalue weighted by Crippen LogP contribution is 2.41. The molecule has 3 rings (SSSR count). The van der Waals surface area contributed by atoms with Crippen molar-refractivity contribution in [3.05, 3.63) is 17.5 Å². The molecule has 10 heteroatoms. The molecule has 29 heavy (non-hydrogen) atoms. The maximum absolute atomic E-state index is 10.6. The molecule has 0 radical (unpaired) electrons. The Balaban J connectivity index is 0.000000370. The van der Waals surface area contributed by atoms with E-state index < -0.39 is 12.1 Å². The number of aryl methyl sites for hydroxylation is 1. The number of alkyl halides is 3. The van der Waals surface area contributed by atoms with Crippen LogP contribution in [0.5, 0.6) is 0 Å². The van der Waals surface area contributed by atoms with E-state index >= 15 is 0 Å². The molecule has 0 bridgehead atoms. The molecular formula is C19H29F3N2O5. The molecule has 3 heterocycles. The predicted octanol–water partition coefficient (Wildman–Crippen LogP) is 3.41. The minimum absolute atomic E-state index is 0.138. The molecule has 1 aromatic rings. The fourth-order valence-electron chi connectivity index (χ4n) is 3.78. The number of nitrogens with zero attached hydrogens (tertiary/aromatic N) is 2. The van der Waals surface area contributed by atoms with Gasteiger partial charge in [0, 0.05) is 37.7 Å². The Bertz CT molecular complexity index is 665. The number of halogens is 3. The molecule has 1 aromatic heterocycles. The lowest BCUT2D eigenvalue weighted by Gasteiger charge is -2.50. The van der Waals surface area contributed by atoms with Gasteiger partial charge in [-0.25, -0.2) is 4.79 Å². The zero-order valence-corrected chi connectivity index (χ0v) is 17.0. The second kappa shape index (κ2) is 9.90. The summed E-state index contributed by atoms with van der Waals surface area (Å²) in [6.07, 6.45) is -1.06. The van der Waals surface area contributed by atoms with Crippen molar-refractivity contribution in [3.8, 4) is 0 Å². The van der Waals surface area contributed by atoms with Crippen LogP contribution in [0.15, 0.2) is 10.6 Å². The quantitative estimate of drug-likeness (QED) is 0.778. The molecule has 2 atom stereocenters. The van der Waals surface area contributed by atoms with E-state index in [1.54, 1.807) is 0 Å². The molecule has 166 valence electrons. The van der Waals surface area contributed by atoms with Gasteiger partial charge in [-0.2, -0.15) is 13.2 Å². The molecule has 2 aliphatic rings. The minimum Gasteiger partial charge on any atom is -0.475 e. The van der Waals surface area contributed by atoms with Gasteiger partial charge in [0.25, 0.3) is 0 Å². The number of hydrogen-bond acceptors (Lipinski definition) is 6. The summed E-state index contributed by atoms with van der Waals surface area (Å²) in [5.74, 6) is -1.88. The number of piperidine rings is 1.